The van der Waals surface area contributed by atoms with E-state index in [0.29, 0.717) is 12.2 Å². The van der Waals surface area contributed by atoms with E-state index in [0.717, 1.165) is 0 Å². The zero-order valence-electron chi connectivity index (χ0n) is 11.1. The second-order valence-corrected chi connectivity index (χ2v) is 5.14. The van der Waals surface area contributed by atoms with Crippen molar-refractivity contribution in [3.8, 4) is 0 Å². The highest BCUT2D eigenvalue weighted by Crippen LogP contribution is 2.31. The summed E-state index contributed by atoms with van der Waals surface area (Å²) < 4.78 is 19.9. The van der Waals surface area contributed by atoms with E-state index in [-0.39, 0.29) is 19.4 Å². The van der Waals surface area contributed by atoms with Gasteiger partial charge in [0.05, 0.1) is 0 Å². The molecule has 21 heavy (non-hydrogen) atoms. The molecule has 0 bridgehead atoms. The Hall–Kier alpha value is -1.81. The van der Waals surface area contributed by atoms with E-state index < -0.39 is 30.0 Å². The van der Waals surface area contributed by atoms with E-state index in [4.69, 9.17) is 18.9 Å². The van der Waals surface area contributed by atoms with E-state index in [9.17, 15) is 19.2 Å². The lowest BCUT2D eigenvalue weighted by atomic mass is 10.0. The van der Waals surface area contributed by atoms with Gasteiger partial charge in [-0.3, -0.25) is 19.2 Å². The highest BCUT2D eigenvalue weighted by atomic mass is 32.2. The molecule has 1 fully saturated rings. The molecule has 0 saturated carbocycles. The Morgan fingerprint density at radius 3 is 2.19 bits per heavy atom. The Balaban J connectivity index is 3.05. The van der Waals surface area contributed by atoms with Gasteiger partial charge in [-0.2, -0.15) is 0 Å². The summed E-state index contributed by atoms with van der Waals surface area (Å²) >= 11 is 1.30. The number of amides is 1. The van der Waals surface area contributed by atoms with Gasteiger partial charge < -0.3 is 24.3 Å². The highest BCUT2D eigenvalue weighted by Gasteiger charge is 2.50. The smallest absolute Gasteiger partial charge is 0.295 e. The molecule has 1 amide bonds. The molecule has 1 aliphatic heterocycles. The zero-order valence-corrected chi connectivity index (χ0v) is 11.9. The van der Waals surface area contributed by atoms with Gasteiger partial charge in [-0.1, -0.05) is 6.92 Å². The maximum absolute atomic E-state index is 10.7. The summed E-state index contributed by atoms with van der Waals surface area (Å²) in [5.41, 5.74) is -0.651. The topological polar surface area (TPSA) is 117 Å². The van der Waals surface area contributed by atoms with E-state index in [1.807, 2.05) is 6.92 Å². The average molecular weight is 321 g/mol. The number of hydrogen-bond acceptors (Lipinski definition) is 9. The SMILES string of the molecule is CCS[C@@H]1O[C@@H](OC=O)[C@@H](OC=O)[C@@H](OC=O)[C@@H]1NC=O. The Labute approximate surface area is 124 Å². The van der Waals surface area contributed by atoms with Gasteiger partial charge in [0.2, 0.25) is 18.8 Å². The third-order valence-corrected chi connectivity index (χ3v) is 3.78. The average Bonchev–Trinajstić information content (AvgIpc) is 2.47. The molecule has 0 unspecified atom stereocenters. The third-order valence-electron chi connectivity index (χ3n) is 2.71. The second-order valence-electron chi connectivity index (χ2n) is 3.76. The van der Waals surface area contributed by atoms with Crippen molar-refractivity contribution in [3.63, 3.8) is 0 Å². The molecular formula is C11H15NO8S. The molecule has 1 rings (SSSR count). The zero-order chi connectivity index (χ0) is 15.7. The van der Waals surface area contributed by atoms with E-state index in [1.54, 1.807) is 0 Å². The number of rotatable bonds is 10. The molecule has 118 valence electrons. The van der Waals surface area contributed by atoms with Gasteiger partial charge in [0, 0.05) is 0 Å². The molecule has 5 atom stereocenters. The molecule has 1 heterocycles. The summed E-state index contributed by atoms with van der Waals surface area (Å²) in [6.07, 6.45) is -3.08. The van der Waals surface area contributed by atoms with Crippen LogP contribution in [0.2, 0.25) is 0 Å². The summed E-state index contributed by atoms with van der Waals surface area (Å²) in [6, 6.07) is -0.769. The summed E-state index contributed by atoms with van der Waals surface area (Å²) in [6.45, 7) is 2.25. The molecule has 0 aliphatic carbocycles. The molecule has 9 nitrogen and oxygen atoms in total. The lowest BCUT2D eigenvalue weighted by Gasteiger charge is -2.42. The van der Waals surface area contributed by atoms with Crippen LogP contribution in [0.1, 0.15) is 6.92 Å². The van der Waals surface area contributed by atoms with E-state index >= 15 is 0 Å². The first-order valence-corrected chi connectivity index (χ1v) is 7.02. The fraction of sp³-hybridized carbons (Fsp3) is 0.636. The first-order chi connectivity index (χ1) is 10.2. The molecular weight excluding hydrogens is 306 g/mol. The molecule has 0 spiro atoms. The maximum atomic E-state index is 10.7. The molecule has 0 aromatic heterocycles. The summed E-state index contributed by atoms with van der Waals surface area (Å²) in [4.78, 5) is 42.5. The first kappa shape index (κ1) is 17.2. The standard InChI is InChI=1S/C11H15NO8S/c1-2-21-11-7(12-3-13)8(17-4-14)9(18-5-15)10(20-11)19-6-16/h3-11H,2H2,1H3,(H,12,13)/t7-,8-,9-,10+,11-/m0/s1. The highest BCUT2D eigenvalue weighted by molar-refractivity contribution is 7.99. The fourth-order valence-corrected chi connectivity index (χ4v) is 2.92. The molecule has 10 heteroatoms. The molecule has 1 aliphatic rings. The molecule has 0 aromatic rings. The van der Waals surface area contributed by atoms with Crippen LogP contribution >= 0.6 is 11.8 Å². The van der Waals surface area contributed by atoms with Gasteiger partial charge in [-0.05, 0) is 5.75 Å². The van der Waals surface area contributed by atoms with E-state index in [2.05, 4.69) is 5.32 Å². The predicted molar refractivity (Wildman–Crippen MR) is 68.8 cm³/mol. The monoisotopic (exact) mass is 321 g/mol. The van der Waals surface area contributed by atoms with Gasteiger partial charge in [0.1, 0.15) is 11.5 Å². The van der Waals surface area contributed by atoms with Gasteiger partial charge in [-0.25, -0.2) is 0 Å². The maximum Gasteiger partial charge on any atom is 0.295 e. The van der Waals surface area contributed by atoms with Crippen LogP contribution in [-0.4, -0.2) is 61.6 Å². The van der Waals surface area contributed by atoms with Crippen molar-refractivity contribution in [1.82, 2.24) is 5.32 Å². The minimum Gasteiger partial charge on any atom is -0.458 e. The van der Waals surface area contributed by atoms with Crippen LogP contribution < -0.4 is 5.32 Å². The molecule has 0 radical (unpaired) electrons. The minimum absolute atomic E-state index is 0.113. The fourth-order valence-electron chi connectivity index (χ4n) is 1.96. The van der Waals surface area contributed by atoms with Crippen LogP contribution in [-0.2, 0) is 38.1 Å². The lowest BCUT2D eigenvalue weighted by Crippen LogP contribution is -2.63. The second kappa shape index (κ2) is 9.19. The number of carbonyl (C=O) groups excluding carboxylic acids is 4. The normalized spacial score (nSPS) is 31.6. The molecule has 0 aromatic carbocycles. The Morgan fingerprint density at radius 1 is 1.05 bits per heavy atom. The number of carbonyl (C=O) groups is 4. The summed E-state index contributed by atoms with van der Waals surface area (Å²) in [7, 11) is 0. The first-order valence-electron chi connectivity index (χ1n) is 5.97. The number of thioether (sulfide) groups is 1. The number of nitrogens with one attached hydrogen (secondary N) is 1. The number of hydrogen-bond donors (Lipinski definition) is 1. The largest absolute Gasteiger partial charge is 0.458 e. The lowest BCUT2D eigenvalue weighted by molar-refractivity contribution is -0.251. The third kappa shape index (κ3) is 4.33. The predicted octanol–water partition coefficient (Wildman–Crippen LogP) is -1.21. The van der Waals surface area contributed by atoms with Crippen LogP contribution in [0.4, 0.5) is 0 Å². The van der Waals surface area contributed by atoms with Crippen LogP contribution in [0.3, 0.4) is 0 Å². The van der Waals surface area contributed by atoms with Crippen LogP contribution in [0, 0.1) is 0 Å². The number of ether oxygens (including phenoxy) is 4. The van der Waals surface area contributed by atoms with Gasteiger partial charge in [0.15, 0.2) is 6.10 Å². The minimum atomic E-state index is -1.24. The van der Waals surface area contributed by atoms with Crippen molar-refractivity contribution in [1.29, 1.82) is 0 Å². The quantitative estimate of drug-likeness (QED) is 0.391. The van der Waals surface area contributed by atoms with Crippen molar-refractivity contribution >= 4 is 37.6 Å². The summed E-state index contributed by atoms with van der Waals surface area (Å²) in [5.74, 6) is 0.628. The molecule has 1 N–H and O–H groups in total. The van der Waals surface area contributed by atoms with Crippen molar-refractivity contribution in [2.45, 2.75) is 36.9 Å². The van der Waals surface area contributed by atoms with Crippen LogP contribution in [0.5, 0.6) is 0 Å². The van der Waals surface area contributed by atoms with Gasteiger partial charge >= 0.3 is 0 Å². The van der Waals surface area contributed by atoms with Crippen LogP contribution in [0.25, 0.3) is 0 Å². The Morgan fingerprint density at radius 2 is 1.67 bits per heavy atom. The Kier molecular flexibility index (Phi) is 7.54. The van der Waals surface area contributed by atoms with Crippen molar-refractivity contribution in [3.05, 3.63) is 0 Å². The van der Waals surface area contributed by atoms with Gasteiger partial charge in [0.25, 0.3) is 19.4 Å². The van der Waals surface area contributed by atoms with Crippen molar-refractivity contribution in [2.75, 3.05) is 5.75 Å². The van der Waals surface area contributed by atoms with Gasteiger partial charge in [-0.15, -0.1) is 11.8 Å². The molecule has 1 saturated heterocycles. The van der Waals surface area contributed by atoms with Crippen molar-refractivity contribution < 1.29 is 38.1 Å². The van der Waals surface area contributed by atoms with Crippen molar-refractivity contribution in [2.24, 2.45) is 0 Å². The summed E-state index contributed by atoms with van der Waals surface area (Å²) in [5, 5.41) is 2.46. The van der Waals surface area contributed by atoms with Crippen LogP contribution in [0.15, 0.2) is 0 Å². The van der Waals surface area contributed by atoms with E-state index in [1.165, 1.54) is 11.8 Å². The Bertz CT molecular complexity index is 368.